The highest BCUT2D eigenvalue weighted by atomic mass is 16.5. The Balaban J connectivity index is 2.79. The first-order valence-electron chi connectivity index (χ1n) is 5.06. The largest absolute Gasteiger partial charge is 0.495 e. The van der Waals surface area contributed by atoms with Crippen LogP contribution in [0.1, 0.15) is 18.4 Å². The molecule has 4 heteroatoms. The first-order chi connectivity index (χ1) is 7.69. The summed E-state index contributed by atoms with van der Waals surface area (Å²) in [5, 5.41) is 2.74. The van der Waals surface area contributed by atoms with Crippen molar-refractivity contribution >= 4 is 17.9 Å². The van der Waals surface area contributed by atoms with Crippen molar-refractivity contribution < 1.29 is 14.3 Å². The van der Waals surface area contributed by atoms with Crippen molar-refractivity contribution in [3.8, 4) is 5.75 Å². The number of carbonyl (C=O) groups is 2. The lowest BCUT2D eigenvalue weighted by molar-refractivity contribution is -0.118. The van der Waals surface area contributed by atoms with Gasteiger partial charge in [-0.05, 0) is 18.6 Å². The Bertz CT molecular complexity index is 388. The zero-order chi connectivity index (χ0) is 12.0. The van der Waals surface area contributed by atoms with Crippen molar-refractivity contribution in [1.29, 1.82) is 0 Å². The van der Waals surface area contributed by atoms with Gasteiger partial charge in [-0.25, -0.2) is 0 Å². The lowest BCUT2D eigenvalue weighted by Gasteiger charge is -2.12. The van der Waals surface area contributed by atoms with E-state index < -0.39 is 0 Å². The number of anilines is 1. The van der Waals surface area contributed by atoms with Crippen LogP contribution in [-0.2, 0) is 9.59 Å². The quantitative estimate of drug-likeness (QED) is 0.773. The van der Waals surface area contributed by atoms with E-state index in [1.54, 1.807) is 13.2 Å². The molecule has 0 saturated carbocycles. The van der Waals surface area contributed by atoms with Crippen molar-refractivity contribution in [2.45, 2.75) is 19.8 Å². The molecule has 86 valence electrons. The summed E-state index contributed by atoms with van der Waals surface area (Å²) in [6.45, 7) is 1.89. The van der Waals surface area contributed by atoms with Crippen LogP contribution in [0.15, 0.2) is 18.2 Å². The molecule has 1 N–H and O–H groups in total. The molecule has 0 heterocycles. The number of aryl methyl sites for hydroxylation is 1. The van der Waals surface area contributed by atoms with E-state index in [9.17, 15) is 9.59 Å². The molecule has 0 radical (unpaired) electrons. The Morgan fingerprint density at radius 3 is 2.88 bits per heavy atom. The molecule has 0 saturated heterocycles. The smallest absolute Gasteiger partial charge is 0.224 e. The van der Waals surface area contributed by atoms with Gasteiger partial charge in [0.05, 0.1) is 12.8 Å². The number of carbonyl (C=O) groups excluding carboxylic acids is 2. The number of para-hydroxylation sites is 1. The van der Waals surface area contributed by atoms with Gasteiger partial charge in [-0.2, -0.15) is 0 Å². The lowest BCUT2D eigenvalue weighted by Crippen LogP contribution is -2.13. The molecular weight excluding hydrogens is 206 g/mol. The van der Waals surface area contributed by atoms with Crippen LogP contribution in [-0.4, -0.2) is 19.3 Å². The zero-order valence-corrected chi connectivity index (χ0v) is 9.45. The Morgan fingerprint density at radius 1 is 1.50 bits per heavy atom. The maximum absolute atomic E-state index is 11.5. The van der Waals surface area contributed by atoms with Crippen LogP contribution < -0.4 is 10.1 Å². The normalized spacial score (nSPS) is 9.62. The van der Waals surface area contributed by atoms with Crippen molar-refractivity contribution in [2.75, 3.05) is 12.4 Å². The van der Waals surface area contributed by atoms with Gasteiger partial charge in [-0.3, -0.25) is 4.79 Å². The minimum absolute atomic E-state index is 0.181. The predicted octanol–water partition coefficient (Wildman–Crippen LogP) is 1.92. The summed E-state index contributed by atoms with van der Waals surface area (Å²) >= 11 is 0. The third-order valence-corrected chi connectivity index (χ3v) is 2.21. The van der Waals surface area contributed by atoms with Crippen molar-refractivity contribution in [3.63, 3.8) is 0 Å². The Labute approximate surface area is 94.6 Å². The summed E-state index contributed by atoms with van der Waals surface area (Å²) in [5.41, 5.74) is 1.60. The highest BCUT2D eigenvalue weighted by Gasteiger charge is 2.09. The third-order valence-electron chi connectivity index (χ3n) is 2.21. The molecule has 0 unspecified atom stereocenters. The Morgan fingerprint density at radius 2 is 2.25 bits per heavy atom. The topological polar surface area (TPSA) is 55.4 Å². The summed E-state index contributed by atoms with van der Waals surface area (Å²) in [6.07, 6.45) is 1.16. The van der Waals surface area contributed by atoms with E-state index in [4.69, 9.17) is 4.74 Å². The van der Waals surface area contributed by atoms with Crippen molar-refractivity contribution in [1.82, 2.24) is 0 Å². The highest BCUT2D eigenvalue weighted by Crippen LogP contribution is 2.27. The van der Waals surface area contributed by atoms with E-state index in [2.05, 4.69) is 5.32 Å². The first-order valence-corrected chi connectivity index (χ1v) is 5.06. The fourth-order valence-electron chi connectivity index (χ4n) is 1.36. The minimum atomic E-state index is -0.181. The highest BCUT2D eigenvalue weighted by molar-refractivity contribution is 5.93. The monoisotopic (exact) mass is 221 g/mol. The molecular formula is C12H15NO3. The number of hydrogen-bond acceptors (Lipinski definition) is 3. The van der Waals surface area contributed by atoms with Crippen molar-refractivity contribution in [2.24, 2.45) is 0 Å². The van der Waals surface area contributed by atoms with Gasteiger partial charge in [-0.15, -0.1) is 0 Å². The molecule has 0 aromatic heterocycles. The molecule has 0 bridgehead atoms. The molecule has 1 amide bonds. The molecule has 0 spiro atoms. The maximum atomic E-state index is 11.5. The van der Waals surface area contributed by atoms with Crippen LogP contribution in [0.25, 0.3) is 0 Å². The summed E-state index contributed by atoms with van der Waals surface area (Å²) in [5.74, 6) is 0.444. The van der Waals surface area contributed by atoms with E-state index in [1.165, 1.54) is 0 Å². The molecule has 4 nitrogen and oxygen atoms in total. The summed E-state index contributed by atoms with van der Waals surface area (Å²) in [7, 11) is 1.55. The Hall–Kier alpha value is -1.84. The number of benzene rings is 1. The third kappa shape index (κ3) is 3.08. The number of ether oxygens (including phenoxy) is 1. The number of nitrogens with one attached hydrogen (secondary N) is 1. The predicted molar refractivity (Wildman–Crippen MR) is 61.7 cm³/mol. The second kappa shape index (κ2) is 5.90. The number of rotatable bonds is 5. The average Bonchev–Trinajstić information content (AvgIpc) is 2.29. The summed E-state index contributed by atoms with van der Waals surface area (Å²) < 4.78 is 5.15. The van der Waals surface area contributed by atoms with E-state index in [0.717, 1.165) is 11.8 Å². The summed E-state index contributed by atoms with van der Waals surface area (Å²) in [6, 6.07) is 5.52. The van der Waals surface area contributed by atoms with Crippen LogP contribution in [0, 0.1) is 6.92 Å². The summed E-state index contributed by atoms with van der Waals surface area (Å²) in [4.78, 5) is 21.6. The second-order valence-corrected chi connectivity index (χ2v) is 3.41. The lowest BCUT2D eigenvalue weighted by atomic mass is 10.1. The second-order valence-electron chi connectivity index (χ2n) is 3.41. The molecule has 0 aliphatic heterocycles. The fourth-order valence-corrected chi connectivity index (χ4v) is 1.36. The van der Waals surface area contributed by atoms with E-state index in [0.29, 0.717) is 11.4 Å². The average molecular weight is 221 g/mol. The van der Waals surface area contributed by atoms with Gasteiger partial charge in [0.15, 0.2) is 0 Å². The van der Waals surface area contributed by atoms with E-state index >= 15 is 0 Å². The zero-order valence-electron chi connectivity index (χ0n) is 9.45. The van der Waals surface area contributed by atoms with Crippen LogP contribution in [0.4, 0.5) is 5.69 Å². The molecule has 0 aliphatic rings. The first kappa shape index (κ1) is 12.2. The van der Waals surface area contributed by atoms with Crippen LogP contribution in [0.5, 0.6) is 5.75 Å². The molecule has 1 aromatic rings. The number of methoxy groups -OCH3 is 1. The molecule has 16 heavy (non-hydrogen) atoms. The SMILES string of the molecule is COc1cccc(C)c1NC(=O)CCC=O. The maximum Gasteiger partial charge on any atom is 0.224 e. The molecule has 1 rings (SSSR count). The van der Waals surface area contributed by atoms with Gasteiger partial charge in [0.2, 0.25) is 5.91 Å². The van der Waals surface area contributed by atoms with Gasteiger partial charge in [0.25, 0.3) is 0 Å². The van der Waals surface area contributed by atoms with E-state index in [1.807, 2.05) is 19.1 Å². The van der Waals surface area contributed by atoms with Gasteiger partial charge in [0, 0.05) is 12.8 Å². The Kier molecular flexibility index (Phi) is 4.51. The molecule has 0 aliphatic carbocycles. The van der Waals surface area contributed by atoms with Crippen LogP contribution >= 0.6 is 0 Å². The molecule has 1 aromatic carbocycles. The van der Waals surface area contributed by atoms with Gasteiger partial charge >= 0.3 is 0 Å². The van der Waals surface area contributed by atoms with Crippen molar-refractivity contribution in [3.05, 3.63) is 23.8 Å². The van der Waals surface area contributed by atoms with Gasteiger partial charge in [-0.1, -0.05) is 12.1 Å². The minimum Gasteiger partial charge on any atom is -0.495 e. The number of amides is 1. The molecule has 0 atom stereocenters. The van der Waals surface area contributed by atoms with Gasteiger partial charge < -0.3 is 14.8 Å². The van der Waals surface area contributed by atoms with Crippen LogP contribution in [0.2, 0.25) is 0 Å². The van der Waals surface area contributed by atoms with Crippen LogP contribution in [0.3, 0.4) is 0 Å². The number of hydrogen-bond donors (Lipinski definition) is 1. The number of aldehydes is 1. The molecule has 0 fully saturated rings. The fraction of sp³-hybridized carbons (Fsp3) is 0.333. The standard InChI is InChI=1S/C12H15NO3/c1-9-5-3-6-10(16-2)12(9)13-11(15)7-4-8-14/h3,5-6,8H,4,7H2,1-2H3,(H,13,15). The van der Waals surface area contributed by atoms with E-state index in [-0.39, 0.29) is 18.7 Å². The van der Waals surface area contributed by atoms with Gasteiger partial charge in [0.1, 0.15) is 12.0 Å².